The lowest BCUT2D eigenvalue weighted by Crippen LogP contribution is -2.51. The lowest BCUT2D eigenvalue weighted by Gasteiger charge is -2.44. The quantitative estimate of drug-likeness (QED) is 0.886. The van der Waals surface area contributed by atoms with Crippen molar-refractivity contribution < 1.29 is 9.84 Å². The molecule has 0 unspecified atom stereocenters. The summed E-state index contributed by atoms with van der Waals surface area (Å²) in [6, 6.07) is 13.2. The van der Waals surface area contributed by atoms with E-state index in [1.807, 2.05) is 0 Å². The minimum absolute atomic E-state index is 0.107. The van der Waals surface area contributed by atoms with Crippen molar-refractivity contribution in [3.05, 3.63) is 59.4 Å². The Hall–Kier alpha value is -1.66. The Bertz CT molecular complexity index is 819. The number of aliphatic hydroxyl groups is 1. The summed E-state index contributed by atoms with van der Waals surface area (Å²) in [4.78, 5) is 4.98. The lowest BCUT2D eigenvalue weighted by atomic mass is 9.72. The fourth-order valence-corrected chi connectivity index (χ4v) is 5.66. The number of rotatable bonds is 3. The zero-order valence-electron chi connectivity index (χ0n) is 16.8. The van der Waals surface area contributed by atoms with Crippen LogP contribution in [0.15, 0.2) is 42.6 Å². The fourth-order valence-electron chi connectivity index (χ4n) is 5.66. The summed E-state index contributed by atoms with van der Waals surface area (Å²) in [5.41, 5.74) is 3.98. The van der Waals surface area contributed by atoms with Gasteiger partial charge in [-0.15, -0.1) is 0 Å². The van der Waals surface area contributed by atoms with Crippen LogP contribution in [0.4, 0.5) is 0 Å². The summed E-state index contributed by atoms with van der Waals surface area (Å²) in [6.07, 6.45) is 3.83. The number of fused-ring (bicyclic) bond motifs is 2. The average molecular weight is 382 g/mol. The third-order valence-electron chi connectivity index (χ3n) is 7.31. The standard InChI is InChI=1S/C23H31N3O2/c1-24-10-4-5-18(24)17-25-11-8-23(9-12-25)20-7-3-2-6-19(20)21(22(23)27)26-13-15-28-16-14-26/h2-7,10,21-22,27H,8-9,11-17H2,1H3/t21-,22+/m1/s1. The van der Waals surface area contributed by atoms with Crippen LogP contribution < -0.4 is 0 Å². The number of aryl methyl sites for hydroxylation is 1. The minimum Gasteiger partial charge on any atom is -0.390 e. The number of hydrogen-bond acceptors (Lipinski definition) is 4. The second-order valence-electron chi connectivity index (χ2n) is 8.67. The molecule has 150 valence electrons. The maximum Gasteiger partial charge on any atom is 0.0834 e. The first-order valence-corrected chi connectivity index (χ1v) is 10.6. The van der Waals surface area contributed by atoms with Crippen molar-refractivity contribution in [2.24, 2.45) is 7.05 Å². The number of piperidine rings is 1. The predicted octanol–water partition coefficient (Wildman–Crippen LogP) is 2.31. The van der Waals surface area contributed by atoms with E-state index in [-0.39, 0.29) is 17.6 Å². The first-order chi connectivity index (χ1) is 13.7. The molecule has 5 heteroatoms. The smallest absolute Gasteiger partial charge is 0.0834 e. The van der Waals surface area contributed by atoms with Crippen LogP contribution >= 0.6 is 0 Å². The van der Waals surface area contributed by atoms with Crippen molar-refractivity contribution in [3.8, 4) is 0 Å². The topological polar surface area (TPSA) is 40.9 Å². The lowest BCUT2D eigenvalue weighted by molar-refractivity contribution is -0.0494. The molecule has 3 aliphatic rings. The van der Waals surface area contributed by atoms with Gasteiger partial charge in [0.15, 0.2) is 0 Å². The summed E-state index contributed by atoms with van der Waals surface area (Å²) < 4.78 is 7.77. The maximum atomic E-state index is 11.6. The van der Waals surface area contributed by atoms with Gasteiger partial charge in [-0.25, -0.2) is 0 Å². The highest BCUT2D eigenvalue weighted by atomic mass is 16.5. The van der Waals surface area contributed by atoms with Crippen molar-refractivity contribution in [1.29, 1.82) is 0 Å². The Morgan fingerprint density at radius 3 is 2.50 bits per heavy atom. The molecule has 2 fully saturated rings. The minimum atomic E-state index is -0.333. The zero-order chi connectivity index (χ0) is 19.1. The molecule has 2 saturated heterocycles. The molecule has 5 rings (SSSR count). The summed E-state index contributed by atoms with van der Waals surface area (Å²) in [5.74, 6) is 0. The Kier molecular flexibility index (Phi) is 4.79. The molecule has 0 saturated carbocycles. The van der Waals surface area contributed by atoms with Gasteiger partial charge in [-0.05, 0) is 49.2 Å². The molecular weight excluding hydrogens is 350 g/mol. The highest BCUT2D eigenvalue weighted by Crippen LogP contribution is 2.52. The molecule has 1 aromatic carbocycles. The van der Waals surface area contributed by atoms with Gasteiger partial charge >= 0.3 is 0 Å². The van der Waals surface area contributed by atoms with Gasteiger partial charge in [-0.2, -0.15) is 0 Å². The van der Waals surface area contributed by atoms with Gasteiger partial charge in [-0.1, -0.05) is 24.3 Å². The van der Waals surface area contributed by atoms with Crippen molar-refractivity contribution in [2.45, 2.75) is 36.9 Å². The third-order valence-corrected chi connectivity index (χ3v) is 7.31. The molecule has 28 heavy (non-hydrogen) atoms. The van der Waals surface area contributed by atoms with Gasteiger partial charge in [-0.3, -0.25) is 9.80 Å². The van der Waals surface area contributed by atoms with Crippen LogP contribution in [0.3, 0.4) is 0 Å². The van der Waals surface area contributed by atoms with E-state index in [9.17, 15) is 5.11 Å². The molecule has 2 aromatic rings. The Morgan fingerprint density at radius 1 is 1.04 bits per heavy atom. The fraction of sp³-hybridized carbons (Fsp3) is 0.565. The third kappa shape index (κ3) is 2.92. The van der Waals surface area contributed by atoms with Crippen LogP contribution in [0.1, 0.15) is 35.7 Å². The van der Waals surface area contributed by atoms with E-state index in [2.05, 4.69) is 64.0 Å². The Balaban J connectivity index is 1.38. The second-order valence-corrected chi connectivity index (χ2v) is 8.67. The first kappa shape index (κ1) is 18.4. The van der Waals surface area contributed by atoms with E-state index < -0.39 is 0 Å². The van der Waals surface area contributed by atoms with E-state index in [1.54, 1.807) is 0 Å². The van der Waals surface area contributed by atoms with E-state index in [4.69, 9.17) is 4.74 Å². The summed E-state index contributed by atoms with van der Waals surface area (Å²) in [6.45, 7) is 6.41. The highest BCUT2D eigenvalue weighted by Gasteiger charge is 2.54. The predicted molar refractivity (Wildman–Crippen MR) is 109 cm³/mol. The maximum absolute atomic E-state index is 11.6. The van der Waals surface area contributed by atoms with Gasteiger partial charge in [0.05, 0.1) is 25.4 Å². The molecule has 1 spiro atoms. The van der Waals surface area contributed by atoms with Crippen molar-refractivity contribution >= 4 is 0 Å². The number of hydrogen-bond donors (Lipinski definition) is 1. The molecule has 2 aliphatic heterocycles. The molecule has 1 N–H and O–H groups in total. The number of nitrogens with zero attached hydrogens (tertiary/aromatic N) is 3. The molecule has 5 nitrogen and oxygen atoms in total. The molecule has 3 heterocycles. The van der Waals surface area contributed by atoms with E-state index >= 15 is 0 Å². The number of morpholine rings is 1. The monoisotopic (exact) mass is 381 g/mol. The molecular formula is C23H31N3O2. The van der Waals surface area contributed by atoms with Crippen LogP contribution in [0.5, 0.6) is 0 Å². The summed E-state index contributed by atoms with van der Waals surface area (Å²) >= 11 is 0. The van der Waals surface area contributed by atoms with Crippen LogP contribution in [-0.2, 0) is 23.7 Å². The van der Waals surface area contributed by atoms with Gasteiger partial charge in [0.1, 0.15) is 0 Å². The van der Waals surface area contributed by atoms with E-state index in [0.717, 1.165) is 58.8 Å². The van der Waals surface area contributed by atoms with Gasteiger partial charge in [0.25, 0.3) is 0 Å². The molecule has 2 atom stereocenters. The Morgan fingerprint density at radius 2 is 1.79 bits per heavy atom. The number of aromatic nitrogens is 1. The molecule has 1 aliphatic carbocycles. The Labute approximate surface area is 167 Å². The summed E-state index contributed by atoms with van der Waals surface area (Å²) in [7, 11) is 2.12. The van der Waals surface area contributed by atoms with Crippen molar-refractivity contribution in [3.63, 3.8) is 0 Å². The number of likely N-dealkylation sites (tertiary alicyclic amines) is 1. The van der Waals surface area contributed by atoms with Gasteiger partial charge < -0.3 is 14.4 Å². The van der Waals surface area contributed by atoms with Gasteiger partial charge in [0, 0.05) is 44.0 Å². The molecule has 0 radical (unpaired) electrons. The molecule has 1 aromatic heterocycles. The van der Waals surface area contributed by atoms with Gasteiger partial charge in [0.2, 0.25) is 0 Å². The largest absolute Gasteiger partial charge is 0.390 e. The highest BCUT2D eigenvalue weighted by molar-refractivity contribution is 5.45. The number of aliphatic hydroxyl groups excluding tert-OH is 1. The number of benzene rings is 1. The zero-order valence-corrected chi connectivity index (χ0v) is 16.8. The first-order valence-electron chi connectivity index (χ1n) is 10.6. The molecule has 0 bridgehead atoms. The number of ether oxygens (including phenoxy) is 1. The van der Waals surface area contributed by atoms with Crippen LogP contribution in [0.25, 0.3) is 0 Å². The summed E-state index contributed by atoms with van der Waals surface area (Å²) in [5, 5.41) is 11.6. The molecule has 0 amide bonds. The van der Waals surface area contributed by atoms with Crippen LogP contribution in [0, 0.1) is 0 Å². The average Bonchev–Trinajstić information content (AvgIpc) is 3.24. The van der Waals surface area contributed by atoms with Crippen LogP contribution in [0.2, 0.25) is 0 Å². The SMILES string of the molecule is Cn1cccc1CN1CCC2(CC1)c1ccccc1[C@@H](N1CCOCC1)[C@@H]2O. The van der Waals surface area contributed by atoms with Crippen molar-refractivity contribution in [2.75, 3.05) is 39.4 Å². The second kappa shape index (κ2) is 7.30. The van der Waals surface area contributed by atoms with Crippen molar-refractivity contribution in [1.82, 2.24) is 14.4 Å². The normalized spacial score (nSPS) is 27.9. The van der Waals surface area contributed by atoms with E-state index in [0.29, 0.717) is 0 Å². The van der Waals surface area contributed by atoms with E-state index in [1.165, 1.54) is 16.8 Å². The van der Waals surface area contributed by atoms with Crippen LogP contribution in [-0.4, -0.2) is 65.0 Å².